The Morgan fingerprint density at radius 2 is 2.14 bits per heavy atom. The quantitative estimate of drug-likeness (QED) is 0.899. The maximum absolute atomic E-state index is 12.3. The lowest BCUT2D eigenvalue weighted by atomic mass is 9.93. The van der Waals surface area contributed by atoms with Gasteiger partial charge < -0.3 is 15.3 Å². The third kappa shape index (κ3) is 2.55. The number of piperidine rings is 1. The first-order chi connectivity index (χ1) is 10.7. The molecule has 0 bridgehead atoms. The van der Waals surface area contributed by atoms with Gasteiger partial charge in [0, 0.05) is 24.2 Å². The fourth-order valence-electron chi connectivity index (χ4n) is 3.77. The van der Waals surface area contributed by atoms with Gasteiger partial charge in [-0.05, 0) is 55.8 Å². The Morgan fingerprint density at radius 1 is 1.27 bits per heavy atom. The van der Waals surface area contributed by atoms with Crippen LogP contribution in [0.3, 0.4) is 0 Å². The maximum atomic E-state index is 12.3. The summed E-state index contributed by atoms with van der Waals surface area (Å²) in [6.45, 7) is 1.79. The summed E-state index contributed by atoms with van der Waals surface area (Å²) in [5, 5.41) is 14.0. The molecule has 0 radical (unpaired) electrons. The highest BCUT2D eigenvalue weighted by atomic mass is 16.3. The van der Waals surface area contributed by atoms with Gasteiger partial charge in [-0.25, -0.2) is 0 Å². The third-order valence-corrected chi connectivity index (χ3v) is 5.26. The van der Waals surface area contributed by atoms with Gasteiger partial charge in [0.1, 0.15) is 0 Å². The van der Waals surface area contributed by atoms with Gasteiger partial charge in [-0.1, -0.05) is 18.6 Å². The van der Waals surface area contributed by atoms with Crippen LogP contribution in [0.1, 0.15) is 49.3 Å². The number of nitrogens with one attached hydrogen (secondary N) is 1. The molecule has 2 unspecified atom stereocenters. The van der Waals surface area contributed by atoms with Crippen molar-refractivity contribution >= 4 is 11.6 Å². The maximum Gasteiger partial charge on any atom is 0.230 e. The monoisotopic (exact) mass is 300 g/mol. The predicted molar refractivity (Wildman–Crippen MR) is 85.8 cm³/mol. The van der Waals surface area contributed by atoms with Crippen molar-refractivity contribution in [1.29, 1.82) is 0 Å². The van der Waals surface area contributed by atoms with Crippen LogP contribution in [0.25, 0.3) is 0 Å². The lowest BCUT2D eigenvalue weighted by Gasteiger charge is -2.28. The number of amides is 1. The van der Waals surface area contributed by atoms with E-state index in [4.69, 9.17) is 0 Å². The second kappa shape index (κ2) is 5.67. The molecule has 4 heteroatoms. The van der Waals surface area contributed by atoms with E-state index in [-0.39, 0.29) is 12.0 Å². The average molecular weight is 300 g/mol. The molecule has 1 aromatic rings. The molecule has 1 aliphatic carbocycles. The molecule has 118 valence electrons. The highest BCUT2D eigenvalue weighted by Gasteiger charge is 2.36. The fourth-order valence-corrected chi connectivity index (χ4v) is 3.77. The number of aliphatic hydroxyl groups is 1. The minimum absolute atomic E-state index is 0.164. The molecule has 1 amide bonds. The first-order valence-electron chi connectivity index (χ1n) is 8.60. The lowest BCUT2D eigenvalue weighted by Crippen LogP contribution is -2.38. The second-order valence-corrected chi connectivity index (χ2v) is 6.90. The lowest BCUT2D eigenvalue weighted by molar-refractivity contribution is -0.119. The van der Waals surface area contributed by atoms with E-state index in [2.05, 4.69) is 11.4 Å². The summed E-state index contributed by atoms with van der Waals surface area (Å²) in [7, 11) is 0. The van der Waals surface area contributed by atoms with Crippen molar-refractivity contribution in [2.75, 3.05) is 18.0 Å². The summed E-state index contributed by atoms with van der Waals surface area (Å²) in [6, 6.07) is 6.30. The van der Waals surface area contributed by atoms with E-state index in [1.165, 1.54) is 18.4 Å². The minimum Gasteiger partial charge on any atom is -0.387 e. The number of aliphatic hydroxyl groups excluding tert-OH is 1. The summed E-state index contributed by atoms with van der Waals surface area (Å²) in [4.78, 5) is 14.2. The van der Waals surface area contributed by atoms with Gasteiger partial charge in [-0.3, -0.25) is 4.79 Å². The van der Waals surface area contributed by atoms with E-state index in [1.807, 2.05) is 17.0 Å². The molecule has 1 aromatic carbocycles. The Balaban J connectivity index is 1.53. The van der Waals surface area contributed by atoms with Crippen molar-refractivity contribution < 1.29 is 9.90 Å². The molecule has 3 aliphatic rings. The zero-order valence-electron chi connectivity index (χ0n) is 12.9. The van der Waals surface area contributed by atoms with Gasteiger partial charge in [-0.15, -0.1) is 0 Å². The number of hydrogen-bond acceptors (Lipinski definition) is 3. The van der Waals surface area contributed by atoms with Gasteiger partial charge in [0.2, 0.25) is 5.91 Å². The number of hydrogen-bond donors (Lipinski definition) is 2. The summed E-state index contributed by atoms with van der Waals surface area (Å²) in [5.74, 6) is 0.559. The number of fused-ring (bicyclic) bond motifs is 1. The molecule has 22 heavy (non-hydrogen) atoms. The molecule has 2 N–H and O–H groups in total. The van der Waals surface area contributed by atoms with Crippen LogP contribution in [0, 0.1) is 5.92 Å². The van der Waals surface area contributed by atoms with Gasteiger partial charge >= 0.3 is 0 Å². The van der Waals surface area contributed by atoms with Gasteiger partial charge in [0.15, 0.2) is 0 Å². The first kappa shape index (κ1) is 14.2. The van der Waals surface area contributed by atoms with Gasteiger partial charge in [0.05, 0.1) is 6.10 Å². The van der Waals surface area contributed by atoms with Crippen molar-refractivity contribution in [1.82, 2.24) is 5.32 Å². The topological polar surface area (TPSA) is 52.6 Å². The third-order valence-electron chi connectivity index (χ3n) is 5.26. The average Bonchev–Trinajstić information content (AvgIpc) is 3.33. The van der Waals surface area contributed by atoms with Crippen LogP contribution in [0.4, 0.5) is 5.69 Å². The molecule has 0 spiro atoms. The summed E-state index contributed by atoms with van der Waals surface area (Å²) in [6.07, 6.45) is 5.98. The van der Waals surface area contributed by atoms with Crippen molar-refractivity contribution in [3.05, 3.63) is 29.3 Å². The number of carbonyl (C=O) groups excluding carboxylic acids is 1. The van der Waals surface area contributed by atoms with E-state index >= 15 is 0 Å². The van der Waals surface area contributed by atoms with Crippen molar-refractivity contribution in [3.8, 4) is 0 Å². The zero-order valence-corrected chi connectivity index (χ0v) is 12.9. The Labute approximate surface area is 131 Å². The van der Waals surface area contributed by atoms with Crippen LogP contribution >= 0.6 is 0 Å². The number of rotatable bonds is 3. The molecular formula is C18H24N2O2. The molecule has 0 aromatic heterocycles. The van der Waals surface area contributed by atoms with Crippen LogP contribution < -0.4 is 10.2 Å². The van der Waals surface area contributed by atoms with Gasteiger partial charge in [0.25, 0.3) is 0 Å². The Kier molecular flexibility index (Phi) is 3.66. The van der Waals surface area contributed by atoms with E-state index in [0.29, 0.717) is 5.91 Å². The Hall–Kier alpha value is -1.39. The summed E-state index contributed by atoms with van der Waals surface area (Å²) < 4.78 is 0. The fraction of sp³-hybridized carbons (Fsp3) is 0.611. The van der Waals surface area contributed by atoms with Crippen molar-refractivity contribution in [2.24, 2.45) is 5.92 Å². The molecule has 2 heterocycles. The van der Waals surface area contributed by atoms with Crippen LogP contribution in [-0.4, -0.2) is 30.1 Å². The molecule has 4 nitrogen and oxygen atoms in total. The van der Waals surface area contributed by atoms with E-state index in [0.717, 1.165) is 50.0 Å². The molecule has 2 atom stereocenters. The van der Waals surface area contributed by atoms with Crippen LogP contribution in [-0.2, 0) is 11.2 Å². The highest BCUT2D eigenvalue weighted by Crippen LogP contribution is 2.37. The highest BCUT2D eigenvalue weighted by molar-refractivity contribution is 5.98. The number of carbonyl (C=O) groups is 1. The summed E-state index contributed by atoms with van der Waals surface area (Å²) >= 11 is 0. The number of nitrogens with zero attached hydrogens (tertiary/aromatic N) is 1. The predicted octanol–water partition coefficient (Wildman–Crippen LogP) is 2.16. The molecule has 4 rings (SSSR count). The number of anilines is 1. The van der Waals surface area contributed by atoms with Crippen molar-refractivity contribution in [2.45, 2.75) is 50.7 Å². The zero-order chi connectivity index (χ0) is 15.1. The van der Waals surface area contributed by atoms with E-state index in [1.54, 1.807) is 0 Å². The molecule has 2 aliphatic heterocycles. The first-order valence-corrected chi connectivity index (χ1v) is 8.60. The molecule has 2 fully saturated rings. The van der Waals surface area contributed by atoms with E-state index in [9.17, 15) is 9.90 Å². The van der Waals surface area contributed by atoms with Gasteiger partial charge in [-0.2, -0.15) is 0 Å². The van der Waals surface area contributed by atoms with E-state index < -0.39 is 6.10 Å². The molecule has 1 saturated heterocycles. The minimum atomic E-state index is -0.446. The molecule has 1 saturated carbocycles. The van der Waals surface area contributed by atoms with Crippen LogP contribution in [0.2, 0.25) is 0 Å². The Bertz CT molecular complexity index is 576. The standard InChI is InChI=1S/C18H24N2O2/c21-17(15-3-1-2-9-19-15)14-6-7-16-13(11-14)8-10-20(16)18(22)12-4-5-12/h6-7,11-12,15,17,19,21H,1-5,8-10H2. The van der Waals surface area contributed by atoms with Crippen molar-refractivity contribution in [3.63, 3.8) is 0 Å². The SMILES string of the molecule is O=C(C1CC1)N1CCc2cc(C(O)C3CCCCN3)ccc21. The van der Waals surface area contributed by atoms with Crippen LogP contribution in [0.15, 0.2) is 18.2 Å². The second-order valence-electron chi connectivity index (χ2n) is 6.90. The normalized spacial score (nSPS) is 25.9. The largest absolute Gasteiger partial charge is 0.387 e. The molecular weight excluding hydrogens is 276 g/mol. The Morgan fingerprint density at radius 3 is 2.86 bits per heavy atom. The number of benzene rings is 1. The van der Waals surface area contributed by atoms with Crippen LogP contribution in [0.5, 0.6) is 0 Å². The summed E-state index contributed by atoms with van der Waals surface area (Å²) in [5.41, 5.74) is 3.25. The smallest absolute Gasteiger partial charge is 0.230 e.